The van der Waals surface area contributed by atoms with E-state index in [1.165, 1.54) is 11.3 Å². The van der Waals surface area contributed by atoms with Crippen molar-refractivity contribution in [2.24, 2.45) is 0 Å². The normalized spacial score (nSPS) is 14.0. The number of benzene rings is 1. The van der Waals surface area contributed by atoms with Crippen LogP contribution in [0.15, 0.2) is 41.8 Å². The lowest BCUT2D eigenvalue weighted by molar-refractivity contribution is 0.0520. The summed E-state index contributed by atoms with van der Waals surface area (Å²) in [6, 6.07) is 11.5. The standard InChI is InChI=1S/C21H22N4O3S/c1-2-28-20(27)17-14-29-21(22-17)25-18(15-9-5-3-6-10-15)13-16(23-25)19(26)24-11-7-4-8-12-24/h3,5-6,9-10,13-14H,2,4,7-8,11-12H2,1H3. The van der Waals surface area contributed by atoms with Crippen LogP contribution in [-0.2, 0) is 4.74 Å². The number of rotatable bonds is 5. The maximum absolute atomic E-state index is 13.0. The fourth-order valence-electron chi connectivity index (χ4n) is 3.37. The molecule has 8 heteroatoms. The van der Waals surface area contributed by atoms with Gasteiger partial charge in [0.2, 0.25) is 5.13 Å². The van der Waals surface area contributed by atoms with Crippen LogP contribution < -0.4 is 0 Å². The number of piperidine rings is 1. The van der Waals surface area contributed by atoms with E-state index in [2.05, 4.69) is 10.1 Å². The summed E-state index contributed by atoms with van der Waals surface area (Å²) in [5.41, 5.74) is 2.31. The van der Waals surface area contributed by atoms with Crippen molar-refractivity contribution < 1.29 is 14.3 Å². The highest BCUT2D eigenvalue weighted by Gasteiger charge is 2.24. The number of ether oxygens (including phenoxy) is 1. The van der Waals surface area contributed by atoms with Crippen LogP contribution in [0.2, 0.25) is 0 Å². The topological polar surface area (TPSA) is 77.3 Å². The van der Waals surface area contributed by atoms with E-state index in [0.717, 1.165) is 43.6 Å². The molecule has 0 aliphatic carbocycles. The second kappa shape index (κ2) is 8.57. The summed E-state index contributed by atoms with van der Waals surface area (Å²) >= 11 is 1.29. The number of hydrogen-bond acceptors (Lipinski definition) is 6. The molecular weight excluding hydrogens is 388 g/mol. The number of likely N-dealkylation sites (tertiary alicyclic amines) is 1. The van der Waals surface area contributed by atoms with Crippen LogP contribution in [-0.4, -0.2) is 51.2 Å². The molecule has 1 fully saturated rings. The zero-order valence-electron chi connectivity index (χ0n) is 16.2. The minimum atomic E-state index is -0.465. The van der Waals surface area contributed by atoms with Gasteiger partial charge < -0.3 is 9.64 Å². The van der Waals surface area contributed by atoms with Gasteiger partial charge in [0.25, 0.3) is 5.91 Å². The van der Waals surface area contributed by atoms with Gasteiger partial charge in [-0.2, -0.15) is 5.10 Å². The van der Waals surface area contributed by atoms with E-state index >= 15 is 0 Å². The maximum atomic E-state index is 13.0. The third-order valence-corrected chi connectivity index (χ3v) is 5.62. The Morgan fingerprint density at radius 2 is 1.86 bits per heavy atom. The molecule has 1 aliphatic heterocycles. The molecule has 3 heterocycles. The number of aromatic nitrogens is 3. The van der Waals surface area contributed by atoms with Crippen LogP contribution in [0, 0.1) is 0 Å². The fraction of sp³-hybridized carbons (Fsp3) is 0.333. The Morgan fingerprint density at radius 3 is 2.59 bits per heavy atom. The third-order valence-electron chi connectivity index (χ3n) is 4.80. The van der Waals surface area contributed by atoms with Crippen LogP contribution in [0.4, 0.5) is 0 Å². The first-order chi connectivity index (χ1) is 14.2. The molecule has 4 rings (SSSR count). The Labute approximate surface area is 172 Å². The lowest BCUT2D eigenvalue weighted by Gasteiger charge is -2.25. The minimum Gasteiger partial charge on any atom is -0.461 e. The molecule has 1 saturated heterocycles. The predicted octanol–water partition coefficient (Wildman–Crippen LogP) is 3.80. The van der Waals surface area contributed by atoms with Gasteiger partial charge in [-0.1, -0.05) is 30.3 Å². The smallest absolute Gasteiger partial charge is 0.357 e. The van der Waals surface area contributed by atoms with Gasteiger partial charge in [-0.3, -0.25) is 4.79 Å². The second-order valence-corrected chi connectivity index (χ2v) is 7.62. The van der Waals surface area contributed by atoms with Gasteiger partial charge in [0.05, 0.1) is 12.3 Å². The van der Waals surface area contributed by atoms with Crippen molar-refractivity contribution >= 4 is 23.2 Å². The van der Waals surface area contributed by atoms with E-state index in [1.54, 1.807) is 23.1 Å². The number of hydrogen-bond donors (Lipinski definition) is 0. The van der Waals surface area contributed by atoms with Gasteiger partial charge in [0, 0.05) is 24.0 Å². The first-order valence-corrected chi connectivity index (χ1v) is 10.6. The number of nitrogens with zero attached hydrogens (tertiary/aromatic N) is 4. The van der Waals surface area contributed by atoms with Crippen molar-refractivity contribution in [3.63, 3.8) is 0 Å². The van der Waals surface area contributed by atoms with Gasteiger partial charge in [0.15, 0.2) is 11.4 Å². The van der Waals surface area contributed by atoms with Crippen LogP contribution in [0.5, 0.6) is 0 Å². The van der Waals surface area contributed by atoms with Crippen molar-refractivity contribution in [3.8, 4) is 16.4 Å². The van der Waals surface area contributed by atoms with Crippen LogP contribution >= 0.6 is 11.3 Å². The third kappa shape index (κ3) is 4.07. The number of thiazole rings is 1. The molecule has 2 aromatic heterocycles. The summed E-state index contributed by atoms with van der Waals surface area (Å²) in [5, 5.41) is 6.74. The van der Waals surface area contributed by atoms with Gasteiger partial charge >= 0.3 is 5.97 Å². The summed E-state index contributed by atoms with van der Waals surface area (Å²) in [5.74, 6) is -0.532. The lowest BCUT2D eigenvalue weighted by Crippen LogP contribution is -2.35. The monoisotopic (exact) mass is 410 g/mol. The molecule has 0 spiro atoms. The van der Waals surface area contributed by atoms with E-state index in [9.17, 15) is 9.59 Å². The summed E-state index contributed by atoms with van der Waals surface area (Å²) in [4.78, 5) is 31.2. The number of esters is 1. The highest BCUT2D eigenvalue weighted by atomic mass is 32.1. The second-order valence-electron chi connectivity index (χ2n) is 6.78. The van der Waals surface area contributed by atoms with Crippen molar-refractivity contribution in [1.29, 1.82) is 0 Å². The Morgan fingerprint density at radius 1 is 1.10 bits per heavy atom. The lowest BCUT2D eigenvalue weighted by atomic mass is 10.1. The average Bonchev–Trinajstić information content (AvgIpc) is 3.42. The molecule has 29 heavy (non-hydrogen) atoms. The summed E-state index contributed by atoms with van der Waals surface area (Å²) in [6.45, 7) is 3.56. The molecule has 0 radical (unpaired) electrons. The summed E-state index contributed by atoms with van der Waals surface area (Å²) in [7, 11) is 0. The largest absolute Gasteiger partial charge is 0.461 e. The Balaban J connectivity index is 1.73. The molecule has 0 atom stereocenters. The number of carbonyl (C=O) groups is 2. The van der Waals surface area contributed by atoms with Crippen molar-refractivity contribution in [1.82, 2.24) is 19.7 Å². The van der Waals surface area contributed by atoms with Crippen LogP contribution in [0.3, 0.4) is 0 Å². The van der Waals surface area contributed by atoms with E-state index in [-0.39, 0.29) is 18.2 Å². The maximum Gasteiger partial charge on any atom is 0.357 e. The highest BCUT2D eigenvalue weighted by molar-refractivity contribution is 7.12. The van der Waals surface area contributed by atoms with E-state index in [1.807, 2.05) is 35.2 Å². The van der Waals surface area contributed by atoms with Gasteiger partial charge in [-0.25, -0.2) is 14.5 Å². The van der Waals surface area contributed by atoms with Gasteiger partial charge in [-0.05, 0) is 32.3 Å². The molecule has 1 amide bonds. The zero-order chi connectivity index (χ0) is 20.2. The molecule has 7 nitrogen and oxygen atoms in total. The molecule has 3 aromatic rings. The van der Waals surface area contributed by atoms with E-state index in [0.29, 0.717) is 10.8 Å². The molecular formula is C21H22N4O3S. The molecule has 0 saturated carbocycles. The molecule has 1 aliphatic rings. The Hall–Kier alpha value is -3.00. The van der Waals surface area contributed by atoms with Crippen molar-refractivity contribution in [2.75, 3.05) is 19.7 Å². The molecule has 1 aromatic carbocycles. The van der Waals surface area contributed by atoms with Crippen LogP contribution in [0.25, 0.3) is 16.4 Å². The van der Waals surface area contributed by atoms with Crippen molar-refractivity contribution in [3.05, 3.63) is 53.2 Å². The zero-order valence-corrected chi connectivity index (χ0v) is 17.0. The average molecular weight is 410 g/mol. The van der Waals surface area contributed by atoms with E-state index in [4.69, 9.17) is 4.74 Å². The summed E-state index contributed by atoms with van der Waals surface area (Å²) < 4.78 is 6.67. The molecule has 0 N–H and O–H groups in total. The SMILES string of the molecule is CCOC(=O)c1csc(-n2nc(C(=O)N3CCCCC3)cc2-c2ccccc2)n1. The number of amides is 1. The van der Waals surface area contributed by atoms with Gasteiger partial charge in [-0.15, -0.1) is 11.3 Å². The fourth-order valence-corrected chi connectivity index (χ4v) is 4.12. The first kappa shape index (κ1) is 19.3. The Kier molecular flexibility index (Phi) is 5.71. The van der Waals surface area contributed by atoms with Crippen molar-refractivity contribution in [2.45, 2.75) is 26.2 Å². The molecule has 150 valence electrons. The molecule has 0 bridgehead atoms. The predicted molar refractivity (Wildman–Crippen MR) is 110 cm³/mol. The summed E-state index contributed by atoms with van der Waals surface area (Å²) in [6.07, 6.45) is 3.20. The number of carbonyl (C=O) groups excluding carboxylic acids is 2. The Bertz CT molecular complexity index is 1010. The van der Waals surface area contributed by atoms with E-state index < -0.39 is 5.97 Å². The minimum absolute atomic E-state index is 0.0668. The van der Waals surface area contributed by atoms with Crippen LogP contribution in [0.1, 0.15) is 47.2 Å². The highest BCUT2D eigenvalue weighted by Crippen LogP contribution is 2.27. The van der Waals surface area contributed by atoms with Gasteiger partial charge in [0.1, 0.15) is 0 Å². The molecule has 0 unspecified atom stereocenters. The first-order valence-electron chi connectivity index (χ1n) is 9.75. The quantitative estimate of drug-likeness (QED) is 0.598.